The Bertz CT molecular complexity index is 1420. The van der Waals surface area contributed by atoms with Crippen molar-refractivity contribution in [2.75, 3.05) is 5.32 Å². The number of nitrogens with one attached hydrogen (secondary N) is 1. The second-order valence-electron chi connectivity index (χ2n) is 8.17. The van der Waals surface area contributed by atoms with Crippen LogP contribution in [-0.4, -0.2) is 20.6 Å². The van der Waals surface area contributed by atoms with Crippen LogP contribution in [0.15, 0.2) is 90.1 Å². The van der Waals surface area contributed by atoms with Crippen LogP contribution >= 0.6 is 0 Å². The van der Waals surface area contributed by atoms with E-state index in [1.54, 1.807) is 0 Å². The zero-order chi connectivity index (χ0) is 22.1. The van der Waals surface area contributed by atoms with Crippen LogP contribution in [0.3, 0.4) is 0 Å². The van der Waals surface area contributed by atoms with Crippen molar-refractivity contribution >= 4 is 22.4 Å². The Morgan fingerprint density at radius 3 is 2.44 bits per heavy atom. The van der Waals surface area contributed by atoms with Gasteiger partial charge in [-0.3, -0.25) is 9.98 Å². The number of hydrogen-bond donors (Lipinski definition) is 1. The number of anilines is 2. The van der Waals surface area contributed by atoms with Crippen molar-refractivity contribution in [3.05, 3.63) is 96.1 Å². The molecule has 3 aromatic rings. The number of nitrogens with zero attached hydrogens (tertiary/aromatic N) is 4. The quantitative estimate of drug-likeness (QED) is 0.370. The summed E-state index contributed by atoms with van der Waals surface area (Å²) in [5.74, 6) is 0. The highest BCUT2D eigenvalue weighted by Crippen LogP contribution is 2.30. The minimum Gasteiger partial charge on any atom is -0.352 e. The fourth-order valence-electron chi connectivity index (χ4n) is 3.88. The first kappa shape index (κ1) is 19.9. The first-order chi connectivity index (χ1) is 15.6. The number of rotatable bonds is 4. The largest absolute Gasteiger partial charge is 0.352 e. The lowest BCUT2D eigenvalue weighted by atomic mass is 10.1. The van der Waals surface area contributed by atoms with Crippen LogP contribution in [0.5, 0.6) is 0 Å². The van der Waals surface area contributed by atoms with Crippen LogP contribution < -0.4 is 10.7 Å². The molecule has 0 amide bonds. The molecular formula is C27H25N5. The molecule has 0 saturated heterocycles. The Hall–Kier alpha value is -3.99. The zero-order valence-electron chi connectivity index (χ0n) is 18.4. The summed E-state index contributed by atoms with van der Waals surface area (Å²) in [7, 11) is 0. The van der Waals surface area contributed by atoms with Gasteiger partial charge < -0.3 is 9.88 Å². The molecule has 0 bridgehead atoms. The molecule has 0 fully saturated rings. The minimum absolute atomic E-state index is 0.155. The van der Waals surface area contributed by atoms with E-state index in [4.69, 9.17) is 9.98 Å². The van der Waals surface area contributed by atoms with E-state index in [-0.39, 0.29) is 6.04 Å². The molecule has 1 N–H and O–H groups in total. The van der Waals surface area contributed by atoms with Crippen LogP contribution in [0.25, 0.3) is 28.1 Å². The molecule has 5 heteroatoms. The van der Waals surface area contributed by atoms with Gasteiger partial charge in [-0.1, -0.05) is 30.3 Å². The van der Waals surface area contributed by atoms with E-state index in [9.17, 15) is 0 Å². The van der Waals surface area contributed by atoms with E-state index < -0.39 is 0 Å². The maximum Gasteiger partial charge on any atom is 0.0900 e. The highest BCUT2D eigenvalue weighted by atomic mass is 15.0. The molecule has 0 saturated carbocycles. The standard InChI is InChI=1S/C27H25N5/c1-18(2)29-24-16-27-25(15-23(24)30-20-14-13-19(3)28-17-20)31-22-11-7-8-12-26(22)32(27)21-9-5-4-6-10-21/h4-18,30H,1-3H3/b29-24+. The molecule has 158 valence electrons. The Morgan fingerprint density at radius 2 is 1.69 bits per heavy atom. The van der Waals surface area contributed by atoms with Gasteiger partial charge in [0, 0.05) is 17.4 Å². The van der Waals surface area contributed by atoms with Crippen molar-refractivity contribution in [1.29, 1.82) is 0 Å². The Morgan fingerprint density at radius 1 is 0.906 bits per heavy atom. The zero-order valence-corrected chi connectivity index (χ0v) is 18.4. The predicted octanol–water partition coefficient (Wildman–Crippen LogP) is 5.89. The van der Waals surface area contributed by atoms with E-state index in [0.717, 1.165) is 50.5 Å². The third-order valence-electron chi connectivity index (χ3n) is 5.30. The molecule has 1 aliphatic heterocycles. The summed E-state index contributed by atoms with van der Waals surface area (Å²) >= 11 is 0. The molecule has 2 heterocycles. The summed E-state index contributed by atoms with van der Waals surface area (Å²) in [5.41, 5.74) is 7.84. The normalized spacial score (nSPS) is 12.1. The summed E-state index contributed by atoms with van der Waals surface area (Å²) in [4.78, 5) is 14.3. The van der Waals surface area contributed by atoms with Crippen LogP contribution in [0.4, 0.5) is 11.4 Å². The molecule has 5 rings (SSSR count). The predicted molar refractivity (Wildman–Crippen MR) is 131 cm³/mol. The van der Waals surface area contributed by atoms with Crippen LogP contribution in [-0.2, 0) is 0 Å². The number of hydrogen-bond acceptors (Lipinski definition) is 4. The van der Waals surface area contributed by atoms with Gasteiger partial charge in [0.1, 0.15) is 0 Å². The molecular weight excluding hydrogens is 394 g/mol. The number of aromatic nitrogens is 3. The van der Waals surface area contributed by atoms with Gasteiger partial charge in [-0.25, -0.2) is 4.98 Å². The fraction of sp³-hybridized carbons (Fsp3) is 0.148. The molecule has 0 atom stereocenters. The fourth-order valence-corrected chi connectivity index (χ4v) is 3.88. The number of aryl methyl sites for hydroxylation is 1. The molecule has 2 aromatic carbocycles. The number of benzene rings is 3. The highest BCUT2D eigenvalue weighted by molar-refractivity contribution is 5.84. The second-order valence-corrected chi connectivity index (χ2v) is 8.17. The van der Waals surface area contributed by atoms with Crippen molar-refractivity contribution in [3.63, 3.8) is 0 Å². The summed E-state index contributed by atoms with van der Waals surface area (Å²) in [6.07, 6.45) is 1.84. The molecule has 1 aliphatic carbocycles. The molecule has 0 spiro atoms. The number of fused-ring (bicyclic) bond motifs is 2. The van der Waals surface area contributed by atoms with Crippen LogP contribution in [0.1, 0.15) is 19.5 Å². The smallest absolute Gasteiger partial charge is 0.0900 e. The molecule has 5 nitrogen and oxygen atoms in total. The Balaban J connectivity index is 1.81. The highest BCUT2D eigenvalue weighted by Gasteiger charge is 2.16. The Labute approximate surface area is 187 Å². The molecule has 1 aromatic heterocycles. The average Bonchev–Trinajstić information content (AvgIpc) is 2.80. The summed E-state index contributed by atoms with van der Waals surface area (Å²) in [6.45, 7) is 6.16. The van der Waals surface area contributed by atoms with Gasteiger partial charge in [0.15, 0.2) is 0 Å². The van der Waals surface area contributed by atoms with Gasteiger partial charge >= 0.3 is 0 Å². The van der Waals surface area contributed by atoms with Crippen LogP contribution in [0, 0.1) is 6.92 Å². The molecule has 2 aliphatic rings. The number of pyridine rings is 1. The summed E-state index contributed by atoms with van der Waals surface area (Å²) in [6, 6.07) is 27.0. The third kappa shape index (κ3) is 3.85. The SMILES string of the molecule is Cc1ccc(Nc2cc3nc4ccccc4n(-c4ccccc4)c-3c/c2=N\C(C)C)cn1. The summed E-state index contributed by atoms with van der Waals surface area (Å²) < 4.78 is 2.26. The van der Waals surface area contributed by atoms with Crippen molar-refractivity contribution < 1.29 is 0 Å². The van der Waals surface area contributed by atoms with Gasteiger partial charge in [-0.05, 0) is 69.3 Å². The second kappa shape index (κ2) is 8.27. The Kier molecular flexibility index (Phi) is 5.15. The number of para-hydroxylation sites is 3. The van der Waals surface area contributed by atoms with Gasteiger partial charge in [-0.2, -0.15) is 0 Å². The maximum atomic E-state index is 4.98. The minimum atomic E-state index is 0.155. The van der Waals surface area contributed by atoms with E-state index >= 15 is 0 Å². The van der Waals surface area contributed by atoms with E-state index in [1.807, 2.05) is 37.4 Å². The van der Waals surface area contributed by atoms with Crippen molar-refractivity contribution in [2.24, 2.45) is 4.99 Å². The monoisotopic (exact) mass is 419 g/mol. The van der Waals surface area contributed by atoms with Crippen molar-refractivity contribution in [2.45, 2.75) is 26.8 Å². The lowest BCUT2D eigenvalue weighted by Gasteiger charge is -2.20. The van der Waals surface area contributed by atoms with Gasteiger partial charge in [-0.15, -0.1) is 0 Å². The first-order valence-corrected chi connectivity index (χ1v) is 10.8. The van der Waals surface area contributed by atoms with E-state index in [1.165, 1.54) is 0 Å². The molecule has 0 unspecified atom stereocenters. The lowest BCUT2D eigenvalue weighted by Crippen LogP contribution is -2.16. The molecule has 32 heavy (non-hydrogen) atoms. The van der Waals surface area contributed by atoms with E-state index in [2.05, 4.69) is 83.3 Å². The third-order valence-corrected chi connectivity index (χ3v) is 5.30. The van der Waals surface area contributed by atoms with Crippen LogP contribution in [0.2, 0.25) is 0 Å². The van der Waals surface area contributed by atoms with E-state index in [0.29, 0.717) is 0 Å². The topological polar surface area (TPSA) is 55.1 Å². The molecule has 0 radical (unpaired) electrons. The van der Waals surface area contributed by atoms with Gasteiger partial charge in [0.25, 0.3) is 0 Å². The van der Waals surface area contributed by atoms with Gasteiger partial charge in [0.05, 0.1) is 45.4 Å². The van der Waals surface area contributed by atoms with Gasteiger partial charge in [0.2, 0.25) is 0 Å². The average molecular weight is 420 g/mol. The first-order valence-electron chi connectivity index (χ1n) is 10.8. The summed E-state index contributed by atoms with van der Waals surface area (Å²) in [5, 5.41) is 4.40. The van der Waals surface area contributed by atoms with Crippen molar-refractivity contribution in [1.82, 2.24) is 14.5 Å². The lowest BCUT2D eigenvalue weighted by molar-refractivity contribution is 0.806. The maximum absolute atomic E-state index is 4.98. The van der Waals surface area contributed by atoms with Crippen molar-refractivity contribution in [3.8, 4) is 17.1 Å².